The Bertz CT molecular complexity index is 694. The van der Waals surface area contributed by atoms with Gasteiger partial charge in [0.15, 0.2) is 14.7 Å². The van der Waals surface area contributed by atoms with Gasteiger partial charge >= 0.3 is 5.97 Å². The Morgan fingerprint density at radius 2 is 1.79 bits per heavy atom. The van der Waals surface area contributed by atoms with Crippen molar-refractivity contribution in [3.05, 3.63) is 29.8 Å². The van der Waals surface area contributed by atoms with E-state index < -0.39 is 45.4 Å². The minimum atomic E-state index is -3.41. The smallest absolute Gasteiger partial charge is 0.303 e. The fourth-order valence-corrected chi connectivity index (χ4v) is 2.66. The summed E-state index contributed by atoms with van der Waals surface area (Å²) in [6, 6.07) is 4.11. The topological polar surface area (TPSA) is 89.5 Å². The number of carbonyl (C=O) groups excluding carboxylic acids is 2. The highest BCUT2D eigenvalue weighted by atomic mass is 35.5. The van der Waals surface area contributed by atoms with Gasteiger partial charge in [0.2, 0.25) is 0 Å². The average Bonchev–Trinajstić information content (AvgIpc) is 2.49. The molecule has 0 fully saturated rings. The van der Waals surface area contributed by atoms with Gasteiger partial charge in [0.05, 0.1) is 10.9 Å². The molecule has 0 aliphatic rings. The molecule has 0 bridgehead atoms. The summed E-state index contributed by atoms with van der Waals surface area (Å²) < 4.78 is 41.4. The van der Waals surface area contributed by atoms with Crippen LogP contribution >= 0.6 is 23.2 Å². The van der Waals surface area contributed by atoms with Crippen molar-refractivity contribution in [1.82, 2.24) is 5.32 Å². The second kappa shape index (κ2) is 8.64. The van der Waals surface area contributed by atoms with E-state index in [0.29, 0.717) is 5.56 Å². The van der Waals surface area contributed by atoms with E-state index in [0.717, 1.165) is 13.2 Å². The first-order valence-electron chi connectivity index (χ1n) is 6.68. The minimum absolute atomic E-state index is 0.0511. The highest BCUT2D eigenvalue weighted by Crippen LogP contribution is 2.24. The van der Waals surface area contributed by atoms with Gasteiger partial charge in [0.1, 0.15) is 12.8 Å². The van der Waals surface area contributed by atoms with Gasteiger partial charge in [-0.2, -0.15) is 0 Å². The van der Waals surface area contributed by atoms with Crippen molar-refractivity contribution >= 4 is 44.9 Å². The molecule has 1 amide bonds. The van der Waals surface area contributed by atoms with Crippen LogP contribution in [0.3, 0.4) is 0 Å². The summed E-state index contributed by atoms with van der Waals surface area (Å²) in [4.78, 5) is 21.5. The first kappa shape index (κ1) is 20.7. The molecule has 2 unspecified atom stereocenters. The van der Waals surface area contributed by atoms with E-state index in [1.54, 1.807) is 0 Å². The van der Waals surface area contributed by atoms with Crippen LogP contribution in [0.4, 0.5) is 4.39 Å². The zero-order valence-electron chi connectivity index (χ0n) is 12.8. The maximum Gasteiger partial charge on any atom is 0.303 e. The highest BCUT2D eigenvalue weighted by Gasteiger charge is 2.29. The lowest BCUT2D eigenvalue weighted by Crippen LogP contribution is -2.44. The molecular weight excluding hydrogens is 384 g/mol. The van der Waals surface area contributed by atoms with Crippen LogP contribution in [-0.2, 0) is 24.2 Å². The second-order valence-corrected chi connectivity index (χ2v) is 8.05. The number of esters is 1. The number of benzene rings is 1. The molecule has 1 aromatic rings. The van der Waals surface area contributed by atoms with Gasteiger partial charge in [-0.1, -0.05) is 35.3 Å². The van der Waals surface area contributed by atoms with Crippen LogP contribution in [0.1, 0.15) is 18.6 Å². The van der Waals surface area contributed by atoms with Crippen LogP contribution in [0.25, 0.3) is 0 Å². The van der Waals surface area contributed by atoms with Crippen molar-refractivity contribution in [2.75, 3.05) is 12.9 Å². The number of hydrogen-bond acceptors (Lipinski definition) is 5. The van der Waals surface area contributed by atoms with Gasteiger partial charge in [-0.15, -0.1) is 0 Å². The van der Waals surface area contributed by atoms with Crippen LogP contribution in [0.15, 0.2) is 29.2 Å². The molecule has 0 saturated carbocycles. The van der Waals surface area contributed by atoms with Crippen molar-refractivity contribution in [3.8, 4) is 0 Å². The summed E-state index contributed by atoms with van der Waals surface area (Å²) in [5.41, 5.74) is 0.307. The zero-order chi connectivity index (χ0) is 18.5. The molecule has 10 heteroatoms. The van der Waals surface area contributed by atoms with E-state index in [2.05, 4.69) is 5.32 Å². The lowest BCUT2D eigenvalue weighted by Gasteiger charge is -2.26. The fourth-order valence-electron chi connectivity index (χ4n) is 1.91. The van der Waals surface area contributed by atoms with E-state index in [1.165, 1.54) is 24.3 Å². The quantitative estimate of drug-likeness (QED) is 0.558. The fraction of sp³-hybridized carbons (Fsp3) is 0.429. The van der Waals surface area contributed by atoms with Gasteiger partial charge in [-0.05, 0) is 17.7 Å². The molecule has 0 aliphatic heterocycles. The highest BCUT2D eigenvalue weighted by molar-refractivity contribution is 7.90. The third-order valence-corrected chi connectivity index (χ3v) is 4.51. The summed E-state index contributed by atoms with van der Waals surface area (Å²) in [5, 5.41) is 2.24. The average molecular weight is 400 g/mol. The van der Waals surface area contributed by atoms with Gasteiger partial charge in [0, 0.05) is 13.2 Å². The van der Waals surface area contributed by atoms with Gasteiger partial charge < -0.3 is 10.1 Å². The van der Waals surface area contributed by atoms with Crippen LogP contribution in [0.2, 0.25) is 0 Å². The van der Waals surface area contributed by atoms with Crippen molar-refractivity contribution in [2.45, 2.75) is 28.8 Å². The number of halogens is 3. The standard InChI is InChI=1S/C14H16Cl2FNO5S/c1-8(19)23-12(11(7-17)18-14(20)13(15)16)9-3-5-10(6-4-9)24(2,21)22/h3-6,11-13H,7H2,1-2H3,(H,18,20). The third kappa shape index (κ3) is 5.92. The first-order chi connectivity index (χ1) is 11.1. The molecule has 0 aliphatic carbocycles. The molecule has 0 aromatic heterocycles. The van der Waals surface area contributed by atoms with Crippen LogP contribution in [0, 0.1) is 0 Å². The number of nitrogens with one attached hydrogen (secondary N) is 1. The Kier molecular flexibility index (Phi) is 7.44. The maximum absolute atomic E-state index is 13.3. The van der Waals surface area contributed by atoms with Gasteiger partial charge in [-0.25, -0.2) is 12.8 Å². The summed E-state index contributed by atoms with van der Waals surface area (Å²) in [5.74, 6) is -1.54. The summed E-state index contributed by atoms with van der Waals surface area (Å²) in [6.45, 7) is 0.0684. The normalized spacial score (nSPS) is 14.1. The molecule has 1 rings (SSSR count). The second-order valence-electron chi connectivity index (χ2n) is 4.94. The molecule has 0 radical (unpaired) electrons. The number of rotatable bonds is 7. The van der Waals surface area contributed by atoms with Crippen LogP contribution in [0.5, 0.6) is 0 Å². The molecule has 134 valence electrons. The Labute approximate surface area is 149 Å². The molecular formula is C14H16Cl2FNO5S. The van der Waals surface area contributed by atoms with Crippen LogP contribution in [-0.4, -0.2) is 44.1 Å². The molecule has 1 N–H and O–H groups in total. The molecule has 0 saturated heterocycles. The lowest BCUT2D eigenvalue weighted by atomic mass is 10.0. The number of ether oxygens (including phenoxy) is 1. The van der Waals surface area contributed by atoms with Gasteiger partial charge in [-0.3, -0.25) is 9.59 Å². The molecule has 24 heavy (non-hydrogen) atoms. The molecule has 1 aromatic carbocycles. The monoisotopic (exact) mass is 399 g/mol. The van der Waals surface area contributed by atoms with E-state index in [1.807, 2.05) is 0 Å². The zero-order valence-corrected chi connectivity index (χ0v) is 15.2. The Morgan fingerprint density at radius 1 is 1.25 bits per heavy atom. The first-order valence-corrected chi connectivity index (χ1v) is 9.44. The van der Waals surface area contributed by atoms with E-state index in [-0.39, 0.29) is 4.90 Å². The van der Waals surface area contributed by atoms with E-state index in [4.69, 9.17) is 27.9 Å². The molecule has 2 atom stereocenters. The number of hydrogen-bond donors (Lipinski definition) is 1. The van der Waals surface area contributed by atoms with E-state index in [9.17, 15) is 22.4 Å². The number of carbonyl (C=O) groups is 2. The number of amides is 1. The maximum atomic E-state index is 13.3. The molecule has 0 heterocycles. The largest absolute Gasteiger partial charge is 0.455 e. The Hall–Kier alpha value is -1.38. The summed E-state index contributed by atoms with van der Waals surface area (Å²) in [7, 11) is -3.41. The lowest BCUT2D eigenvalue weighted by molar-refractivity contribution is -0.149. The number of sulfone groups is 1. The Morgan fingerprint density at radius 3 is 2.17 bits per heavy atom. The SMILES string of the molecule is CC(=O)OC(c1ccc(S(C)(=O)=O)cc1)C(CF)NC(=O)C(Cl)Cl. The molecule has 6 nitrogen and oxygen atoms in total. The molecule has 0 spiro atoms. The number of alkyl halides is 3. The minimum Gasteiger partial charge on any atom is -0.455 e. The van der Waals surface area contributed by atoms with Crippen LogP contribution < -0.4 is 5.32 Å². The third-order valence-electron chi connectivity index (χ3n) is 2.99. The van der Waals surface area contributed by atoms with Crippen molar-refractivity contribution in [1.29, 1.82) is 0 Å². The van der Waals surface area contributed by atoms with E-state index >= 15 is 0 Å². The summed E-state index contributed by atoms with van der Waals surface area (Å²) in [6.07, 6.45) is -0.130. The predicted molar refractivity (Wildman–Crippen MR) is 87.5 cm³/mol. The van der Waals surface area contributed by atoms with Gasteiger partial charge in [0.25, 0.3) is 5.91 Å². The Balaban J connectivity index is 3.15. The van der Waals surface area contributed by atoms with Crippen molar-refractivity contribution in [3.63, 3.8) is 0 Å². The van der Waals surface area contributed by atoms with Crippen molar-refractivity contribution in [2.24, 2.45) is 0 Å². The predicted octanol–water partition coefficient (Wildman–Crippen LogP) is 1.95. The summed E-state index contributed by atoms with van der Waals surface area (Å²) >= 11 is 10.8. The van der Waals surface area contributed by atoms with Crippen molar-refractivity contribution < 1.29 is 27.1 Å².